The zero-order valence-electron chi connectivity index (χ0n) is 19.7. The lowest BCUT2D eigenvalue weighted by atomic mass is 9.72. The average Bonchev–Trinajstić information content (AvgIpc) is 3.68. The second-order valence-electron chi connectivity index (χ2n) is 9.55. The van der Waals surface area contributed by atoms with E-state index in [1.807, 2.05) is 12.1 Å². The van der Waals surface area contributed by atoms with E-state index in [-0.39, 0.29) is 17.7 Å². The number of carbonyl (C=O) groups excluding carboxylic acids is 2. The van der Waals surface area contributed by atoms with Gasteiger partial charge in [0.25, 0.3) is 5.91 Å². The van der Waals surface area contributed by atoms with Gasteiger partial charge in [0, 0.05) is 43.7 Å². The van der Waals surface area contributed by atoms with Crippen LogP contribution in [0.5, 0.6) is 5.75 Å². The van der Waals surface area contributed by atoms with E-state index in [0.29, 0.717) is 22.5 Å². The van der Waals surface area contributed by atoms with Crippen LogP contribution in [0.4, 0.5) is 22.9 Å². The number of rotatable bonds is 7. The van der Waals surface area contributed by atoms with Crippen LogP contribution in [0.15, 0.2) is 30.5 Å². The van der Waals surface area contributed by atoms with Crippen LogP contribution in [0.2, 0.25) is 0 Å². The quantitative estimate of drug-likeness (QED) is 0.499. The molecule has 0 unspecified atom stereocenters. The highest BCUT2D eigenvalue weighted by Gasteiger charge is 2.44. The predicted octanol–water partition coefficient (Wildman–Crippen LogP) is 2.73. The monoisotopic (exact) mass is 464 g/mol. The van der Waals surface area contributed by atoms with Gasteiger partial charge in [0.1, 0.15) is 5.82 Å². The third kappa shape index (κ3) is 4.40. The summed E-state index contributed by atoms with van der Waals surface area (Å²) in [6, 6.07) is 7.69. The van der Waals surface area contributed by atoms with Crippen molar-refractivity contribution in [3.8, 4) is 5.75 Å². The number of hydrogen-bond acceptors (Lipinski definition) is 7. The number of ether oxygens (including phenoxy) is 1. The minimum absolute atomic E-state index is 0.0321. The van der Waals surface area contributed by atoms with Crippen molar-refractivity contribution in [2.75, 3.05) is 55.9 Å². The lowest BCUT2D eigenvalue weighted by Gasteiger charge is -2.53. The van der Waals surface area contributed by atoms with Crippen LogP contribution in [-0.4, -0.2) is 57.1 Å². The number of para-hydroxylation sites is 1. The van der Waals surface area contributed by atoms with Crippen molar-refractivity contribution in [3.63, 3.8) is 0 Å². The van der Waals surface area contributed by atoms with Crippen LogP contribution < -0.4 is 30.9 Å². The van der Waals surface area contributed by atoms with Crippen LogP contribution in [-0.2, 0) is 4.79 Å². The van der Waals surface area contributed by atoms with E-state index in [1.54, 1.807) is 20.2 Å². The highest BCUT2D eigenvalue weighted by Crippen LogP contribution is 2.46. The first-order valence-corrected chi connectivity index (χ1v) is 11.9. The number of nitrogens with one attached hydrogen (secondary N) is 4. The number of piperidine rings is 1. The van der Waals surface area contributed by atoms with E-state index >= 15 is 0 Å². The summed E-state index contributed by atoms with van der Waals surface area (Å²) in [5, 5.41) is 12.3. The number of carbonyl (C=O) groups is 2. The van der Waals surface area contributed by atoms with Crippen LogP contribution in [0.1, 0.15) is 36.0 Å². The molecule has 1 aliphatic carbocycles. The number of nitrogens with zero attached hydrogens (tertiary/aromatic N) is 2. The first-order chi connectivity index (χ1) is 16.5. The summed E-state index contributed by atoms with van der Waals surface area (Å²) >= 11 is 0. The molecule has 4 N–H and O–H groups in total. The van der Waals surface area contributed by atoms with Crippen molar-refractivity contribution in [2.45, 2.75) is 25.7 Å². The van der Waals surface area contributed by atoms with Gasteiger partial charge < -0.3 is 30.9 Å². The fourth-order valence-corrected chi connectivity index (χ4v) is 4.96. The Morgan fingerprint density at radius 1 is 1.18 bits per heavy atom. The van der Waals surface area contributed by atoms with Gasteiger partial charge in [-0.1, -0.05) is 6.07 Å². The number of hydrogen-bond donors (Lipinski definition) is 4. The molecule has 9 nitrogen and oxygen atoms in total. The third-order valence-corrected chi connectivity index (χ3v) is 7.10. The van der Waals surface area contributed by atoms with Crippen molar-refractivity contribution in [3.05, 3.63) is 36.0 Å². The minimum atomic E-state index is -0.263. The summed E-state index contributed by atoms with van der Waals surface area (Å²) in [6.45, 7) is 4.20. The maximum absolute atomic E-state index is 12.5. The summed E-state index contributed by atoms with van der Waals surface area (Å²) in [5.74, 6) is 0.914. The molecule has 3 heterocycles. The fraction of sp³-hybridized carbons (Fsp3) is 0.480. The highest BCUT2D eigenvalue weighted by atomic mass is 16.5. The first kappa shape index (κ1) is 22.5. The van der Waals surface area contributed by atoms with Gasteiger partial charge in [-0.25, -0.2) is 4.98 Å². The van der Waals surface area contributed by atoms with Crippen LogP contribution in [0, 0.1) is 11.3 Å². The molecule has 3 aliphatic rings. The second-order valence-corrected chi connectivity index (χ2v) is 9.55. The fourth-order valence-electron chi connectivity index (χ4n) is 4.96. The van der Waals surface area contributed by atoms with Crippen molar-refractivity contribution in [1.29, 1.82) is 0 Å². The first-order valence-electron chi connectivity index (χ1n) is 11.9. The smallest absolute Gasteiger partial charge is 0.254 e. The van der Waals surface area contributed by atoms with E-state index in [9.17, 15) is 9.59 Å². The summed E-state index contributed by atoms with van der Waals surface area (Å²) in [6.07, 6.45) is 5.70. The van der Waals surface area contributed by atoms with Gasteiger partial charge in [0.2, 0.25) is 5.91 Å². The molecule has 2 aromatic rings. The Balaban J connectivity index is 1.41. The van der Waals surface area contributed by atoms with E-state index in [0.717, 1.165) is 56.1 Å². The van der Waals surface area contributed by atoms with Crippen molar-refractivity contribution >= 4 is 34.7 Å². The molecule has 1 spiro atoms. The Kier molecular flexibility index (Phi) is 6.03. The zero-order chi connectivity index (χ0) is 23.7. The lowest BCUT2D eigenvalue weighted by Crippen LogP contribution is -2.60. The molecular weight excluding hydrogens is 432 g/mol. The van der Waals surface area contributed by atoms with Crippen LogP contribution in [0.25, 0.3) is 0 Å². The Morgan fingerprint density at radius 3 is 2.62 bits per heavy atom. The zero-order valence-corrected chi connectivity index (χ0v) is 19.7. The lowest BCUT2D eigenvalue weighted by molar-refractivity contribution is -0.117. The maximum atomic E-state index is 12.5. The molecule has 1 saturated carbocycles. The minimum Gasteiger partial charge on any atom is -0.492 e. The van der Waals surface area contributed by atoms with Gasteiger partial charge in [-0.15, -0.1) is 0 Å². The average molecular weight is 465 g/mol. The Morgan fingerprint density at radius 2 is 1.94 bits per heavy atom. The van der Waals surface area contributed by atoms with E-state index in [4.69, 9.17) is 4.74 Å². The highest BCUT2D eigenvalue weighted by molar-refractivity contribution is 6.01. The molecule has 0 bridgehead atoms. The van der Waals surface area contributed by atoms with Crippen molar-refractivity contribution < 1.29 is 14.3 Å². The maximum Gasteiger partial charge on any atom is 0.254 e. The molecule has 3 fully saturated rings. The molecule has 0 atom stereocenters. The molecular formula is C25H32N6O3. The summed E-state index contributed by atoms with van der Waals surface area (Å²) in [7, 11) is 3.24. The largest absolute Gasteiger partial charge is 0.492 e. The number of amides is 2. The Labute approximate surface area is 199 Å². The van der Waals surface area contributed by atoms with Gasteiger partial charge >= 0.3 is 0 Å². The van der Waals surface area contributed by atoms with Gasteiger partial charge in [-0.2, -0.15) is 0 Å². The molecule has 2 aliphatic heterocycles. The summed E-state index contributed by atoms with van der Waals surface area (Å²) < 4.78 is 5.84. The van der Waals surface area contributed by atoms with Crippen molar-refractivity contribution in [1.82, 2.24) is 15.6 Å². The van der Waals surface area contributed by atoms with Gasteiger partial charge in [-0.3, -0.25) is 9.59 Å². The van der Waals surface area contributed by atoms with E-state index < -0.39 is 0 Å². The Hall–Kier alpha value is -3.33. The molecule has 1 aromatic heterocycles. The molecule has 2 amide bonds. The van der Waals surface area contributed by atoms with Crippen LogP contribution >= 0.6 is 0 Å². The third-order valence-electron chi connectivity index (χ3n) is 7.10. The molecule has 1 aromatic carbocycles. The molecule has 180 valence electrons. The number of anilines is 4. The SMILES string of the molecule is CNC(=O)c1cnc(NC(=O)C2CC2)cc1Nc1cccc(N2CC3(CCNCC3)C2)c1OC. The predicted molar refractivity (Wildman–Crippen MR) is 132 cm³/mol. The molecule has 0 radical (unpaired) electrons. The molecule has 5 rings (SSSR count). The number of benzene rings is 1. The number of aromatic nitrogens is 1. The molecule has 9 heteroatoms. The topological polar surface area (TPSA) is 108 Å². The Bertz CT molecular complexity index is 1090. The normalized spacial score (nSPS) is 18.7. The molecule has 2 saturated heterocycles. The number of pyridine rings is 1. The molecule has 34 heavy (non-hydrogen) atoms. The van der Waals surface area contributed by atoms with Gasteiger partial charge in [0.15, 0.2) is 5.75 Å². The van der Waals surface area contributed by atoms with E-state index in [2.05, 4.69) is 37.2 Å². The standard InChI is InChI=1S/C25H32N6O3/c1-26-24(33)17-13-28-21(30-23(32)16-6-7-16)12-19(17)29-18-4-3-5-20(22(18)34-2)31-14-25(15-31)8-10-27-11-9-25/h3-5,12-13,16,27H,6-11,14-15H2,1-2H3,(H,26,33)(H2,28,29,30,32). The second kappa shape index (κ2) is 9.13. The van der Waals surface area contributed by atoms with Gasteiger partial charge in [-0.05, 0) is 50.9 Å². The summed E-state index contributed by atoms with van der Waals surface area (Å²) in [5.41, 5.74) is 3.12. The van der Waals surface area contributed by atoms with E-state index in [1.165, 1.54) is 19.0 Å². The van der Waals surface area contributed by atoms with Crippen LogP contribution in [0.3, 0.4) is 0 Å². The van der Waals surface area contributed by atoms with Gasteiger partial charge in [0.05, 0.1) is 29.7 Å². The summed E-state index contributed by atoms with van der Waals surface area (Å²) in [4.78, 5) is 31.4. The number of methoxy groups -OCH3 is 1. The van der Waals surface area contributed by atoms with Crippen molar-refractivity contribution in [2.24, 2.45) is 11.3 Å².